The van der Waals surface area contributed by atoms with E-state index >= 15 is 0 Å². The van der Waals surface area contributed by atoms with E-state index in [1.165, 1.54) is 34.8 Å². The molecule has 2 aromatic heterocycles. The van der Waals surface area contributed by atoms with Crippen molar-refractivity contribution in [1.82, 2.24) is 15.2 Å². The molecule has 4 heterocycles. The normalized spacial score (nSPS) is 21.4. The van der Waals surface area contributed by atoms with Crippen LogP contribution in [0.5, 0.6) is 16.6 Å². The number of benzene rings is 1. The summed E-state index contributed by atoms with van der Waals surface area (Å²) in [5, 5.41) is 5.57. The van der Waals surface area contributed by atoms with Crippen molar-refractivity contribution in [2.24, 2.45) is 11.8 Å². The van der Waals surface area contributed by atoms with Crippen LogP contribution in [0.15, 0.2) is 29.6 Å². The Bertz CT molecular complexity index is 1360. The van der Waals surface area contributed by atoms with Gasteiger partial charge < -0.3 is 29.3 Å². The maximum Gasteiger partial charge on any atom is 0.413 e. The number of nitrogens with zero attached hydrogens (tertiary/aromatic N) is 3. The van der Waals surface area contributed by atoms with Crippen LogP contribution in [0.1, 0.15) is 16.9 Å². The Morgan fingerprint density at radius 1 is 1.30 bits per heavy atom. The number of fused-ring (bicyclic) bond motifs is 2. The second-order valence-electron chi connectivity index (χ2n) is 9.45. The largest absolute Gasteiger partial charge is 0.485 e. The van der Waals surface area contributed by atoms with Gasteiger partial charge in [-0.05, 0) is 36.0 Å². The number of nitrogens with one attached hydrogen (secondary N) is 1. The van der Waals surface area contributed by atoms with Gasteiger partial charge in [0.05, 0.1) is 10.9 Å². The zero-order valence-electron chi connectivity index (χ0n) is 20.2. The number of amides is 2. The second kappa shape index (κ2) is 9.49. The standard InChI is InChI=1S/C25H25FN4O5S2/c1-29(2)24-28-19(21(37-24)13-4-3-5-15(26)8-13)22(31)30-11-14-9-16(14)17(30)10-27-25(32)35-23-20-18(12-36-23)33-6-7-34-20/h3-5,8,12,14,16-17H,6-7,9-11H2,1-2H3,(H,27,32)/t14-,16-,17+/m0/s1. The van der Waals surface area contributed by atoms with E-state index in [9.17, 15) is 14.0 Å². The number of carbonyl (C=O) groups is 2. The zero-order valence-corrected chi connectivity index (χ0v) is 21.9. The van der Waals surface area contributed by atoms with Crippen molar-refractivity contribution in [2.45, 2.75) is 12.5 Å². The van der Waals surface area contributed by atoms with Crippen LogP contribution in [-0.4, -0.2) is 68.3 Å². The number of likely N-dealkylation sites (tertiary alicyclic amines) is 1. The first-order valence-corrected chi connectivity index (χ1v) is 13.7. The third kappa shape index (κ3) is 4.59. The molecule has 3 atom stereocenters. The topological polar surface area (TPSA) is 93.2 Å². The van der Waals surface area contributed by atoms with Crippen LogP contribution in [-0.2, 0) is 0 Å². The molecule has 0 radical (unpaired) electrons. The number of piperidine rings is 1. The number of thiazole rings is 1. The minimum Gasteiger partial charge on any atom is -0.485 e. The van der Waals surface area contributed by atoms with E-state index in [1.807, 2.05) is 19.0 Å². The molecule has 1 aliphatic carbocycles. The lowest BCUT2D eigenvalue weighted by molar-refractivity contribution is 0.0700. The van der Waals surface area contributed by atoms with E-state index in [4.69, 9.17) is 14.2 Å². The summed E-state index contributed by atoms with van der Waals surface area (Å²) >= 11 is 2.58. The van der Waals surface area contributed by atoms with Crippen molar-refractivity contribution >= 4 is 39.8 Å². The van der Waals surface area contributed by atoms with E-state index in [-0.39, 0.29) is 24.3 Å². The number of hydrogen-bond acceptors (Lipinski definition) is 9. The summed E-state index contributed by atoms with van der Waals surface area (Å²) in [4.78, 5) is 35.2. The second-order valence-corrected chi connectivity index (χ2v) is 11.3. The average molecular weight is 545 g/mol. The molecule has 3 aromatic rings. The predicted octanol–water partition coefficient (Wildman–Crippen LogP) is 4.10. The third-order valence-electron chi connectivity index (χ3n) is 6.76. The smallest absolute Gasteiger partial charge is 0.413 e. The molecule has 2 amide bonds. The van der Waals surface area contributed by atoms with Gasteiger partial charge in [-0.2, -0.15) is 0 Å². The van der Waals surface area contributed by atoms with Gasteiger partial charge in [-0.3, -0.25) is 4.79 Å². The van der Waals surface area contributed by atoms with Crippen molar-refractivity contribution in [3.8, 4) is 27.0 Å². The summed E-state index contributed by atoms with van der Waals surface area (Å²) in [5.41, 5.74) is 0.914. The lowest BCUT2D eigenvalue weighted by atomic mass is 10.1. The average Bonchev–Trinajstić information content (AvgIpc) is 3.21. The van der Waals surface area contributed by atoms with Crippen molar-refractivity contribution < 1.29 is 28.2 Å². The number of anilines is 1. The predicted molar refractivity (Wildman–Crippen MR) is 138 cm³/mol. The molecule has 1 N–H and O–H groups in total. The maximum absolute atomic E-state index is 14.0. The van der Waals surface area contributed by atoms with Crippen LogP contribution in [0.2, 0.25) is 0 Å². The molecule has 12 heteroatoms. The highest BCUT2D eigenvalue weighted by molar-refractivity contribution is 7.19. The highest BCUT2D eigenvalue weighted by Crippen LogP contribution is 2.50. The SMILES string of the molecule is CN(C)c1nc(C(=O)N2C[C@@H]3C[C@@H]3[C@H]2CNC(=O)Oc2scc3c2OCCO3)c(-c2cccc(F)c2)s1. The van der Waals surface area contributed by atoms with Crippen LogP contribution in [0, 0.1) is 17.7 Å². The maximum atomic E-state index is 14.0. The molecule has 0 spiro atoms. The fraction of sp³-hybridized carbons (Fsp3) is 0.400. The first-order chi connectivity index (χ1) is 17.9. The number of carbonyl (C=O) groups excluding carboxylic acids is 2. The van der Waals surface area contributed by atoms with Gasteiger partial charge in [-0.1, -0.05) is 34.8 Å². The van der Waals surface area contributed by atoms with Gasteiger partial charge in [0.15, 0.2) is 10.9 Å². The number of rotatable bonds is 6. The number of aromatic nitrogens is 1. The van der Waals surface area contributed by atoms with Gasteiger partial charge in [0.25, 0.3) is 5.91 Å². The molecule has 3 aliphatic rings. The van der Waals surface area contributed by atoms with Crippen molar-refractivity contribution in [3.63, 3.8) is 0 Å². The molecule has 1 saturated heterocycles. The molecule has 0 bridgehead atoms. The van der Waals surface area contributed by atoms with Gasteiger partial charge in [0.1, 0.15) is 24.7 Å². The Balaban J connectivity index is 1.18. The summed E-state index contributed by atoms with van der Waals surface area (Å²) in [6.45, 7) is 1.72. The molecular formula is C25H25FN4O5S2. The first-order valence-electron chi connectivity index (χ1n) is 12.0. The summed E-state index contributed by atoms with van der Waals surface area (Å²) in [7, 11) is 3.71. The molecule has 1 aromatic carbocycles. The minimum atomic E-state index is -0.612. The molecule has 37 heavy (non-hydrogen) atoms. The molecule has 0 unspecified atom stereocenters. The Labute approximate surface area is 220 Å². The van der Waals surface area contributed by atoms with Gasteiger partial charge >= 0.3 is 6.09 Å². The Kier molecular flexibility index (Phi) is 6.15. The van der Waals surface area contributed by atoms with Crippen LogP contribution in [0.25, 0.3) is 10.4 Å². The molecule has 6 rings (SSSR count). The first kappa shape index (κ1) is 24.0. The van der Waals surface area contributed by atoms with Crippen LogP contribution < -0.4 is 24.4 Å². The molecule has 2 aliphatic heterocycles. The van der Waals surface area contributed by atoms with E-state index in [0.717, 1.165) is 6.42 Å². The minimum absolute atomic E-state index is 0.174. The van der Waals surface area contributed by atoms with E-state index in [2.05, 4.69) is 10.3 Å². The van der Waals surface area contributed by atoms with Crippen molar-refractivity contribution in [2.75, 3.05) is 45.3 Å². The highest BCUT2D eigenvalue weighted by atomic mass is 32.1. The van der Waals surface area contributed by atoms with Crippen molar-refractivity contribution in [3.05, 3.63) is 41.2 Å². The van der Waals surface area contributed by atoms with Crippen LogP contribution in [0.3, 0.4) is 0 Å². The van der Waals surface area contributed by atoms with Crippen LogP contribution in [0.4, 0.5) is 14.3 Å². The number of ether oxygens (including phenoxy) is 3. The Morgan fingerprint density at radius 3 is 2.95 bits per heavy atom. The Morgan fingerprint density at radius 2 is 2.14 bits per heavy atom. The lowest BCUT2D eigenvalue weighted by Gasteiger charge is -2.27. The summed E-state index contributed by atoms with van der Waals surface area (Å²) in [6, 6.07) is 6.02. The Hall–Kier alpha value is -3.38. The van der Waals surface area contributed by atoms with Gasteiger partial charge in [0, 0.05) is 32.6 Å². The number of thiophene rings is 1. The molecule has 9 nitrogen and oxygen atoms in total. The molecule has 1 saturated carbocycles. The van der Waals surface area contributed by atoms with E-state index < -0.39 is 6.09 Å². The van der Waals surface area contributed by atoms with Gasteiger partial charge in [-0.15, -0.1) is 0 Å². The fourth-order valence-electron chi connectivity index (χ4n) is 4.89. The molecule has 2 fully saturated rings. The number of hydrogen-bond donors (Lipinski definition) is 1. The monoisotopic (exact) mass is 544 g/mol. The quantitative estimate of drug-likeness (QED) is 0.500. The number of halogens is 1. The van der Waals surface area contributed by atoms with Gasteiger partial charge in [0.2, 0.25) is 10.8 Å². The zero-order chi connectivity index (χ0) is 25.7. The molecular weight excluding hydrogens is 519 g/mol. The summed E-state index contributed by atoms with van der Waals surface area (Å²) in [6.07, 6.45) is 0.408. The summed E-state index contributed by atoms with van der Waals surface area (Å²) in [5.74, 6) is 1.15. The lowest BCUT2D eigenvalue weighted by Crippen LogP contribution is -2.46. The van der Waals surface area contributed by atoms with Gasteiger partial charge in [-0.25, -0.2) is 14.2 Å². The summed E-state index contributed by atoms with van der Waals surface area (Å²) < 4.78 is 30.5. The van der Waals surface area contributed by atoms with E-state index in [0.29, 0.717) is 69.4 Å². The highest BCUT2D eigenvalue weighted by Gasteiger charge is 2.54. The third-order valence-corrected chi connectivity index (χ3v) is 8.85. The van der Waals surface area contributed by atoms with Crippen LogP contribution >= 0.6 is 22.7 Å². The van der Waals surface area contributed by atoms with Crippen molar-refractivity contribution in [1.29, 1.82) is 0 Å². The molecule has 194 valence electrons. The fourth-order valence-corrected chi connectivity index (χ4v) is 6.65. The van der Waals surface area contributed by atoms with E-state index in [1.54, 1.807) is 22.4 Å².